The molecular weight excluding hydrogens is 545 g/mol. The molecule has 0 aliphatic heterocycles. The second-order valence-corrected chi connectivity index (χ2v) is 12.2. The Balaban J connectivity index is 1.48. The van der Waals surface area contributed by atoms with E-state index in [2.05, 4.69) is 133 Å². The van der Waals surface area contributed by atoms with Gasteiger partial charge in [-0.25, -0.2) is 0 Å². The minimum Gasteiger partial charge on any atom is -0.134 e. The molecule has 0 aliphatic carbocycles. The molecule has 0 radical (unpaired) electrons. The van der Waals surface area contributed by atoms with Crippen LogP contribution in [0.4, 0.5) is 0 Å². The van der Waals surface area contributed by atoms with Crippen molar-refractivity contribution < 1.29 is 0 Å². The lowest BCUT2D eigenvalue weighted by Gasteiger charge is -2.05. The predicted octanol–water partition coefficient (Wildman–Crippen LogP) is 11.5. The minimum atomic E-state index is 1.11. The van der Waals surface area contributed by atoms with Crippen molar-refractivity contribution in [1.82, 2.24) is 0 Å². The van der Waals surface area contributed by atoms with Crippen LogP contribution in [0.5, 0.6) is 0 Å². The van der Waals surface area contributed by atoms with E-state index in [0.717, 1.165) is 11.1 Å². The minimum absolute atomic E-state index is 1.11. The number of fused-ring (bicyclic) bond motifs is 6. The second-order valence-electron chi connectivity index (χ2n) is 10.1. The Kier molecular flexibility index (Phi) is 6.95. The number of benzene rings is 5. The van der Waals surface area contributed by atoms with Crippen molar-refractivity contribution in [3.63, 3.8) is 0 Å². The van der Waals surface area contributed by atoms with Crippen LogP contribution in [0.1, 0.15) is 47.2 Å². The zero-order chi connectivity index (χ0) is 28.5. The number of thiophene rings is 2. The highest BCUT2D eigenvalue weighted by Crippen LogP contribution is 2.47. The Morgan fingerprint density at radius 3 is 1.29 bits per heavy atom. The van der Waals surface area contributed by atoms with Crippen LogP contribution in [0.2, 0.25) is 0 Å². The van der Waals surface area contributed by atoms with Gasteiger partial charge in [0.15, 0.2) is 0 Å². The summed E-state index contributed by atoms with van der Waals surface area (Å²) in [5, 5.41) is 4.93. The fraction of sp³-hybridized carbons (Fsp3) is 0.0500. The van der Waals surface area contributed by atoms with Gasteiger partial charge in [-0.15, -0.1) is 34.5 Å². The van der Waals surface area contributed by atoms with Gasteiger partial charge in [0, 0.05) is 30.9 Å². The van der Waals surface area contributed by atoms with E-state index in [1.165, 1.54) is 62.6 Å². The monoisotopic (exact) mass is 570 g/mol. The SMILES string of the molecule is CC#Cc1c2sc3ccc(/C=C/c4ccccc4)cc3c2c(C#CC)c2sc3ccc(/C=C/c4ccccc4)cc3c12. The molecule has 0 fully saturated rings. The summed E-state index contributed by atoms with van der Waals surface area (Å²) in [6, 6.07) is 34.4. The molecule has 0 atom stereocenters. The molecule has 0 saturated carbocycles. The van der Waals surface area contributed by atoms with Crippen molar-refractivity contribution >= 4 is 87.3 Å². The van der Waals surface area contributed by atoms with Crippen LogP contribution in [0.3, 0.4) is 0 Å². The van der Waals surface area contributed by atoms with Crippen molar-refractivity contribution in [2.75, 3.05) is 0 Å². The van der Waals surface area contributed by atoms with Crippen LogP contribution in [-0.4, -0.2) is 0 Å². The highest BCUT2D eigenvalue weighted by Gasteiger charge is 2.21. The van der Waals surface area contributed by atoms with Crippen LogP contribution in [0.15, 0.2) is 97.1 Å². The molecule has 42 heavy (non-hydrogen) atoms. The Morgan fingerprint density at radius 1 is 0.476 bits per heavy atom. The Hall–Kier alpha value is -4.86. The van der Waals surface area contributed by atoms with Gasteiger partial charge in [0.1, 0.15) is 0 Å². The van der Waals surface area contributed by atoms with Crippen molar-refractivity contribution in [1.29, 1.82) is 0 Å². The zero-order valence-corrected chi connectivity index (χ0v) is 25.0. The molecule has 2 aromatic heterocycles. The van der Waals surface area contributed by atoms with Gasteiger partial charge in [-0.1, -0.05) is 109 Å². The lowest BCUT2D eigenvalue weighted by Crippen LogP contribution is -1.85. The third-order valence-corrected chi connectivity index (χ3v) is 9.79. The molecule has 0 amide bonds. The molecule has 5 aromatic carbocycles. The number of hydrogen-bond acceptors (Lipinski definition) is 2. The van der Waals surface area contributed by atoms with Gasteiger partial charge in [0.2, 0.25) is 0 Å². The summed E-state index contributed by atoms with van der Waals surface area (Å²) in [4.78, 5) is 0. The quantitative estimate of drug-likeness (QED) is 0.146. The maximum atomic E-state index is 3.53. The normalized spacial score (nSPS) is 11.5. The lowest BCUT2D eigenvalue weighted by molar-refractivity contribution is 1.66. The van der Waals surface area contributed by atoms with Crippen LogP contribution < -0.4 is 0 Å². The van der Waals surface area contributed by atoms with Gasteiger partial charge in [-0.05, 0) is 60.4 Å². The first-order chi connectivity index (χ1) is 20.7. The zero-order valence-electron chi connectivity index (χ0n) is 23.4. The number of rotatable bonds is 4. The fourth-order valence-electron chi connectivity index (χ4n) is 5.52. The molecule has 0 bridgehead atoms. The standard InChI is InChI=1S/C40H26S2/c1-3-11-31-37-33-25-29(19-17-27-13-7-5-8-14-27)21-23-35(33)42-40(37)32(12-4-2)38-34-26-30(22-24-36(34)41-39(31)38)20-18-28-15-9-6-10-16-28/h5-10,13-26H,1-2H3/b19-17+,20-18+. The molecule has 0 unspecified atom stereocenters. The summed E-state index contributed by atoms with van der Waals surface area (Å²) in [5.74, 6) is 13.5. The predicted molar refractivity (Wildman–Crippen MR) is 188 cm³/mol. The highest BCUT2D eigenvalue weighted by molar-refractivity contribution is 7.28. The van der Waals surface area contributed by atoms with Gasteiger partial charge >= 0.3 is 0 Å². The van der Waals surface area contributed by atoms with E-state index in [4.69, 9.17) is 0 Å². The summed E-state index contributed by atoms with van der Waals surface area (Å²) in [7, 11) is 0. The van der Waals surface area contributed by atoms with Crippen LogP contribution in [0.25, 0.3) is 64.6 Å². The number of hydrogen-bond donors (Lipinski definition) is 0. The molecule has 0 nitrogen and oxygen atoms in total. The molecule has 0 N–H and O–H groups in total. The second kappa shape index (κ2) is 11.2. The maximum Gasteiger partial charge on any atom is 0.0531 e. The van der Waals surface area contributed by atoms with E-state index in [9.17, 15) is 0 Å². The van der Waals surface area contributed by atoms with Gasteiger partial charge in [0.05, 0.1) is 20.5 Å². The summed E-state index contributed by atoms with van der Waals surface area (Å²) in [6.07, 6.45) is 8.73. The summed E-state index contributed by atoms with van der Waals surface area (Å²) in [5.41, 5.74) is 6.96. The van der Waals surface area contributed by atoms with Crippen LogP contribution in [0, 0.1) is 23.7 Å². The Bertz CT molecular complexity index is 2140. The third-order valence-electron chi connectivity index (χ3n) is 7.41. The van der Waals surface area contributed by atoms with E-state index >= 15 is 0 Å². The van der Waals surface area contributed by atoms with Gasteiger partial charge in [-0.3, -0.25) is 0 Å². The molecule has 198 valence electrons. The Morgan fingerprint density at radius 2 is 0.881 bits per heavy atom. The van der Waals surface area contributed by atoms with E-state index in [0.29, 0.717) is 0 Å². The maximum absolute atomic E-state index is 3.53. The van der Waals surface area contributed by atoms with E-state index in [1.54, 1.807) is 0 Å². The molecule has 2 heteroatoms. The Labute approximate surface area is 254 Å². The van der Waals surface area contributed by atoms with Crippen LogP contribution in [-0.2, 0) is 0 Å². The average Bonchev–Trinajstić information content (AvgIpc) is 3.60. The van der Waals surface area contributed by atoms with Gasteiger partial charge in [-0.2, -0.15) is 0 Å². The molecule has 0 spiro atoms. The first-order valence-corrected chi connectivity index (χ1v) is 15.6. The average molecular weight is 571 g/mol. The van der Waals surface area contributed by atoms with Crippen molar-refractivity contribution in [2.24, 2.45) is 0 Å². The first-order valence-electron chi connectivity index (χ1n) is 13.9. The molecule has 7 rings (SSSR count). The third kappa shape index (κ3) is 4.72. The topological polar surface area (TPSA) is 0 Å². The summed E-state index contributed by atoms with van der Waals surface area (Å²) < 4.78 is 4.96. The van der Waals surface area contributed by atoms with Crippen molar-refractivity contribution in [3.8, 4) is 23.7 Å². The lowest BCUT2D eigenvalue weighted by atomic mass is 9.96. The molecule has 7 aromatic rings. The van der Waals surface area contributed by atoms with Gasteiger partial charge < -0.3 is 0 Å². The van der Waals surface area contributed by atoms with Crippen molar-refractivity contribution in [3.05, 3.63) is 130 Å². The summed E-state index contributed by atoms with van der Waals surface area (Å²) >= 11 is 3.65. The molecular formula is C40H26S2. The molecule has 0 aliphatic rings. The van der Waals surface area contributed by atoms with Crippen molar-refractivity contribution in [2.45, 2.75) is 13.8 Å². The summed E-state index contributed by atoms with van der Waals surface area (Å²) in [6.45, 7) is 3.86. The smallest absolute Gasteiger partial charge is 0.0531 e. The van der Waals surface area contributed by atoms with E-state index < -0.39 is 0 Å². The molecule has 0 saturated heterocycles. The van der Waals surface area contributed by atoms with Crippen LogP contribution >= 0.6 is 22.7 Å². The first kappa shape index (κ1) is 26.1. The van der Waals surface area contributed by atoms with E-state index in [1.807, 2.05) is 48.7 Å². The largest absolute Gasteiger partial charge is 0.134 e. The highest BCUT2D eigenvalue weighted by atomic mass is 32.1. The molecule has 2 heterocycles. The van der Waals surface area contributed by atoms with Gasteiger partial charge in [0.25, 0.3) is 0 Å². The fourth-order valence-corrected chi connectivity index (χ4v) is 7.91. The van der Waals surface area contributed by atoms with E-state index in [-0.39, 0.29) is 0 Å².